The maximum atomic E-state index is 12.0. The smallest absolute Gasteiger partial charge is 0.257 e. The van der Waals surface area contributed by atoms with Gasteiger partial charge in [-0.2, -0.15) is 0 Å². The van der Waals surface area contributed by atoms with Crippen LogP contribution in [0.3, 0.4) is 0 Å². The van der Waals surface area contributed by atoms with Gasteiger partial charge in [-0.15, -0.1) is 0 Å². The zero-order valence-corrected chi connectivity index (χ0v) is 12.2. The van der Waals surface area contributed by atoms with Crippen molar-refractivity contribution in [1.29, 1.82) is 0 Å². The fourth-order valence-electron chi connectivity index (χ4n) is 1.73. The first kappa shape index (κ1) is 14.8. The number of anilines is 2. The number of carbonyl (C=O) groups excluding carboxylic acids is 1. The van der Waals surface area contributed by atoms with E-state index in [1.54, 1.807) is 42.5 Å². The average molecular weight is 301 g/mol. The molecule has 0 aliphatic rings. The molecule has 0 fully saturated rings. The van der Waals surface area contributed by atoms with Crippen LogP contribution in [-0.4, -0.2) is 18.1 Å². The van der Waals surface area contributed by atoms with Gasteiger partial charge in [0.15, 0.2) is 5.11 Å². The van der Waals surface area contributed by atoms with Crippen LogP contribution in [0, 0.1) is 0 Å². The Balaban J connectivity index is 2.04. The summed E-state index contributed by atoms with van der Waals surface area (Å²) in [5, 5.41) is 5.70. The number of nitrogens with two attached hydrogens (primary N) is 1. The summed E-state index contributed by atoms with van der Waals surface area (Å²) >= 11 is 5.12. The van der Waals surface area contributed by atoms with Crippen molar-refractivity contribution in [3.05, 3.63) is 54.1 Å². The van der Waals surface area contributed by atoms with Crippen LogP contribution in [0.1, 0.15) is 10.4 Å². The number of hydrogen-bond donors (Lipinski definition) is 3. The molecular weight excluding hydrogens is 286 g/mol. The van der Waals surface area contributed by atoms with E-state index in [4.69, 9.17) is 22.7 Å². The molecule has 0 saturated heterocycles. The lowest BCUT2D eigenvalue weighted by atomic mass is 10.2. The highest BCUT2D eigenvalue weighted by atomic mass is 32.1. The van der Waals surface area contributed by atoms with E-state index < -0.39 is 0 Å². The minimum atomic E-state index is -0.275. The van der Waals surface area contributed by atoms with E-state index in [1.807, 2.05) is 6.07 Å². The molecule has 4 N–H and O–H groups in total. The van der Waals surface area contributed by atoms with E-state index in [2.05, 4.69) is 10.6 Å². The highest BCUT2D eigenvalue weighted by Crippen LogP contribution is 2.26. The molecule has 21 heavy (non-hydrogen) atoms. The zero-order valence-electron chi connectivity index (χ0n) is 11.4. The van der Waals surface area contributed by atoms with Crippen LogP contribution in [-0.2, 0) is 0 Å². The van der Waals surface area contributed by atoms with E-state index in [9.17, 15) is 4.79 Å². The largest absolute Gasteiger partial charge is 0.494 e. The second-order valence-electron chi connectivity index (χ2n) is 4.23. The summed E-state index contributed by atoms with van der Waals surface area (Å²) in [7, 11) is 1.53. The first-order valence-corrected chi connectivity index (χ1v) is 6.62. The Bertz CT molecular complexity index is 659. The molecule has 0 spiro atoms. The predicted octanol–water partition coefficient (Wildman–Crippen LogP) is 2.40. The molecule has 0 radical (unpaired) electrons. The Labute approximate surface area is 128 Å². The number of rotatable bonds is 3. The Kier molecular flexibility index (Phi) is 4.73. The maximum Gasteiger partial charge on any atom is 0.257 e. The van der Waals surface area contributed by atoms with Gasteiger partial charge in [-0.1, -0.05) is 18.2 Å². The normalized spacial score (nSPS) is 9.76. The molecule has 0 heterocycles. The number of benzene rings is 2. The first-order valence-electron chi connectivity index (χ1n) is 6.21. The molecule has 2 aromatic carbocycles. The second-order valence-corrected chi connectivity index (χ2v) is 4.64. The van der Waals surface area contributed by atoms with Crippen molar-refractivity contribution in [2.45, 2.75) is 0 Å². The minimum absolute atomic E-state index is 0.187. The minimum Gasteiger partial charge on any atom is -0.494 e. The average Bonchev–Trinajstić information content (AvgIpc) is 2.49. The lowest BCUT2D eigenvalue weighted by molar-refractivity contribution is 0.0977. The van der Waals surface area contributed by atoms with Gasteiger partial charge in [0.05, 0.1) is 12.8 Å². The summed E-state index contributed by atoms with van der Waals surface area (Å²) in [6.07, 6.45) is 0. The van der Waals surface area contributed by atoms with E-state index in [-0.39, 0.29) is 11.0 Å². The van der Waals surface area contributed by atoms with Crippen molar-refractivity contribution < 1.29 is 9.53 Å². The van der Waals surface area contributed by atoms with Crippen LogP contribution in [0.25, 0.3) is 0 Å². The molecule has 5 nitrogen and oxygen atoms in total. The van der Waals surface area contributed by atoms with E-state index in [0.717, 1.165) is 0 Å². The lowest BCUT2D eigenvalue weighted by Crippen LogP contribution is -2.34. The van der Waals surface area contributed by atoms with Crippen molar-refractivity contribution in [3.63, 3.8) is 0 Å². The van der Waals surface area contributed by atoms with Gasteiger partial charge in [0.25, 0.3) is 5.91 Å². The third-order valence-corrected chi connectivity index (χ3v) is 2.94. The summed E-state index contributed by atoms with van der Waals surface area (Å²) in [6, 6.07) is 13.9. The van der Waals surface area contributed by atoms with Crippen LogP contribution in [0.15, 0.2) is 48.5 Å². The molecule has 0 saturated carbocycles. The number of hydrogen-bond acceptors (Lipinski definition) is 4. The van der Waals surface area contributed by atoms with Crippen molar-refractivity contribution in [1.82, 2.24) is 5.32 Å². The van der Waals surface area contributed by atoms with Crippen LogP contribution in [0.2, 0.25) is 0 Å². The summed E-state index contributed by atoms with van der Waals surface area (Å²) in [5.41, 5.74) is 7.42. The zero-order chi connectivity index (χ0) is 15.2. The molecule has 0 bridgehead atoms. The van der Waals surface area contributed by atoms with Gasteiger partial charge in [-0.25, -0.2) is 0 Å². The van der Waals surface area contributed by atoms with Gasteiger partial charge in [-0.05, 0) is 36.5 Å². The fourth-order valence-corrected chi connectivity index (χ4v) is 1.93. The number of nitrogen functional groups attached to an aromatic ring is 1. The summed E-state index contributed by atoms with van der Waals surface area (Å²) < 4.78 is 5.20. The number of amides is 1. The van der Waals surface area contributed by atoms with Gasteiger partial charge in [0.2, 0.25) is 0 Å². The fraction of sp³-hybridized carbons (Fsp3) is 0.0667. The topological polar surface area (TPSA) is 76.4 Å². The number of nitrogens with one attached hydrogen (secondary N) is 2. The number of ether oxygens (including phenoxy) is 1. The molecule has 0 atom stereocenters. The van der Waals surface area contributed by atoms with E-state index in [0.29, 0.717) is 22.7 Å². The maximum absolute atomic E-state index is 12.0. The van der Waals surface area contributed by atoms with Crippen LogP contribution in [0.4, 0.5) is 11.4 Å². The Hall–Kier alpha value is -2.60. The summed E-state index contributed by atoms with van der Waals surface area (Å²) in [5.74, 6) is 0.272. The summed E-state index contributed by atoms with van der Waals surface area (Å²) in [6.45, 7) is 0. The molecule has 2 rings (SSSR count). The van der Waals surface area contributed by atoms with Crippen molar-refractivity contribution in [2.24, 2.45) is 0 Å². The highest BCUT2D eigenvalue weighted by molar-refractivity contribution is 7.80. The standard InChI is InChI=1S/C15H15N3O2S/c1-20-13-9-11(16)7-8-12(13)17-15(21)18-14(19)10-5-3-2-4-6-10/h2-9H,16H2,1H3,(H2,17,18,19,21). The first-order chi connectivity index (χ1) is 10.1. The number of methoxy groups -OCH3 is 1. The molecule has 1 amide bonds. The van der Waals surface area contributed by atoms with Crippen LogP contribution < -0.4 is 21.1 Å². The van der Waals surface area contributed by atoms with Crippen LogP contribution >= 0.6 is 12.2 Å². The molecule has 108 valence electrons. The van der Waals surface area contributed by atoms with Gasteiger partial charge in [-0.3, -0.25) is 10.1 Å². The molecule has 2 aromatic rings. The lowest BCUT2D eigenvalue weighted by Gasteiger charge is -2.13. The Morgan fingerprint density at radius 2 is 1.90 bits per heavy atom. The molecule has 0 aliphatic carbocycles. The second kappa shape index (κ2) is 6.71. The number of thiocarbonyl (C=S) groups is 1. The SMILES string of the molecule is COc1cc(N)ccc1NC(=S)NC(=O)c1ccccc1. The van der Waals surface area contributed by atoms with Crippen molar-refractivity contribution in [2.75, 3.05) is 18.2 Å². The Morgan fingerprint density at radius 1 is 1.19 bits per heavy atom. The van der Waals surface area contributed by atoms with E-state index >= 15 is 0 Å². The molecule has 0 aliphatic heterocycles. The summed E-state index contributed by atoms with van der Waals surface area (Å²) in [4.78, 5) is 12.0. The molecule has 6 heteroatoms. The predicted molar refractivity (Wildman–Crippen MR) is 87.5 cm³/mol. The van der Waals surface area contributed by atoms with Gasteiger partial charge < -0.3 is 15.8 Å². The monoisotopic (exact) mass is 301 g/mol. The molecule has 0 unspecified atom stereocenters. The van der Waals surface area contributed by atoms with Crippen LogP contribution in [0.5, 0.6) is 5.75 Å². The van der Waals surface area contributed by atoms with Gasteiger partial charge in [0, 0.05) is 17.3 Å². The van der Waals surface area contributed by atoms with Gasteiger partial charge >= 0.3 is 0 Å². The Morgan fingerprint density at radius 3 is 2.57 bits per heavy atom. The van der Waals surface area contributed by atoms with Crippen molar-refractivity contribution >= 4 is 34.6 Å². The quantitative estimate of drug-likeness (QED) is 0.599. The van der Waals surface area contributed by atoms with E-state index in [1.165, 1.54) is 7.11 Å². The highest BCUT2D eigenvalue weighted by Gasteiger charge is 2.09. The van der Waals surface area contributed by atoms with Gasteiger partial charge in [0.1, 0.15) is 5.75 Å². The molecular formula is C15H15N3O2S. The number of carbonyl (C=O) groups is 1. The third kappa shape index (κ3) is 3.93. The molecule has 0 aromatic heterocycles. The third-order valence-electron chi connectivity index (χ3n) is 2.74. The van der Waals surface area contributed by atoms with Crippen molar-refractivity contribution in [3.8, 4) is 5.75 Å².